The SMILES string of the molecule is CS(=O)(=O)OCc1ncccc1Cl. The molecule has 4 nitrogen and oxygen atoms in total. The van der Waals surface area contributed by atoms with Crippen molar-refractivity contribution in [2.45, 2.75) is 6.61 Å². The molecule has 1 aromatic rings. The van der Waals surface area contributed by atoms with Gasteiger partial charge in [0.2, 0.25) is 0 Å². The highest BCUT2D eigenvalue weighted by molar-refractivity contribution is 7.85. The second kappa shape index (κ2) is 4.04. The molecule has 13 heavy (non-hydrogen) atoms. The summed E-state index contributed by atoms with van der Waals surface area (Å²) in [6.45, 7) is -0.126. The van der Waals surface area contributed by atoms with Crippen LogP contribution in [0.5, 0.6) is 0 Å². The fourth-order valence-electron chi connectivity index (χ4n) is 0.687. The molecule has 0 fully saturated rings. The average molecular weight is 222 g/mol. The van der Waals surface area contributed by atoms with E-state index in [0.29, 0.717) is 10.7 Å². The van der Waals surface area contributed by atoms with E-state index < -0.39 is 10.1 Å². The lowest BCUT2D eigenvalue weighted by Gasteiger charge is -2.01. The summed E-state index contributed by atoms with van der Waals surface area (Å²) < 4.78 is 25.8. The van der Waals surface area contributed by atoms with Gasteiger partial charge in [0.25, 0.3) is 10.1 Å². The van der Waals surface area contributed by atoms with E-state index in [4.69, 9.17) is 11.6 Å². The number of pyridine rings is 1. The van der Waals surface area contributed by atoms with Crippen LogP contribution >= 0.6 is 11.6 Å². The number of rotatable bonds is 3. The summed E-state index contributed by atoms with van der Waals surface area (Å²) in [5.74, 6) is 0. The van der Waals surface area contributed by atoms with Gasteiger partial charge in [-0.05, 0) is 12.1 Å². The van der Waals surface area contributed by atoms with Crippen molar-refractivity contribution in [1.29, 1.82) is 0 Å². The van der Waals surface area contributed by atoms with Gasteiger partial charge in [-0.3, -0.25) is 9.17 Å². The predicted octanol–water partition coefficient (Wildman–Crippen LogP) is 1.21. The number of hydrogen-bond acceptors (Lipinski definition) is 4. The number of aromatic nitrogens is 1. The summed E-state index contributed by atoms with van der Waals surface area (Å²) in [5.41, 5.74) is 0.412. The molecule has 1 heterocycles. The van der Waals surface area contributed by atoms with Crippen molar-refractivity contribution >= 4 is 21.7 Å². The molecule has 0 aliphatic carbocycles. The van der Waals surface area contributed by atoms with Crippen LogP contribution in [-0.2, 0) is 20.9 Å². The summed E-state index contributed by atoms with van der Waals surface area (Å²) in [4.78, 5) is 3.86. The van der Waals surface area contributed by atoms with Gasteiger partial charge in [-0.2, -0.15) is 8.42 Å². The summed E-state index contributed by atoms with van der Waals surface area (Å²) in [5, 5.41) is 0.395. The van der Waals surface area contributed by atoms with Crippen molar-refractivity contribution in [2.75, 3.05) is 6.26 Å². The zero-order valence-corrected chi connectivity index (χ0v) is 8.47. The van der Waals surface area contributed by atoms with Gasteiger partial charge in [0.15, 0.2) is 0 Å². The molecule has 0 saturated heterocycles. The third-order valence-corrected chi connectivity index (χ3v) is 2.13. The first kappa shape index (κ1) is 10.4. The third-order valence-electron chi connectivity index (χ3n) is 1.24. The van der Waals surface area contributed by atoms with Crippen molar-refractivity contribution in [1.82, 2.24) is 4.98 Å². The largest absolute Gasteiger partial charge is 0.264 e. The highest BCUT2D eigenvalue weighted by Crippen LogP contribution is 2.13. The van der Waals surface area contributed by atoms with Gasteiger partial charge >= 0.3 is 0 Å². The van der Waals surface area contributed by atoms with Gasteiger partial charge in [-0.15, -0.1) is 0 Å². The Morgan fingerprint density at radius 3 is 2.85 bits per heavy atom. The number of nitrogens with zero attached hydrogens (tertiary/aromatic N) is 1. The van der Waals surface area contributed by atoms with Gasteiger partial charge in [-0.1, -0.05) is 11.6 Å². The molecule has 72 valence electrons. The first-order valence-electron chi connectivity index (χ1n) is 3.43. The van der Waals surface area contributed by atoms with Crippen LogP contribution < -0.4 is 0 Å². The quantitative estimate of drug-likeness (QED) is 0.720. The van der Waals surface area contributed by atoms with Crippen LogP contribution in [-0.4, -0.2) is 19.7 Å². The molecule has 0 spiro atoms. The minimum absolute atomic E-state index is 0.126. The molecule has 0 saturated carbocycles. The van der Waals surface area contributed by atoms with Crippen LogP contribution in [0.3, 0.4) is 0 Å². The first-order valence-corrected chi connectivity index (χ1v) is 5.62. The van der Waals surface area contributed by atoms with Gasteiger partial charge < -0.3 is 0 Å². The second-order valence-corrected chi connectivity index (χ2v) is 4.45. The monoisotopic (exact) mass is 221 g/mol. The van der Waals surface area contributed by atoms with Crippen molar-refractivity contribution in [2.24, 2.45) is 0 Å². The highest BCUT2D eigenvalue weighted by Gasteiger charge is 2.05. The lowest BCUT2D eigenvalue weighted by atomic mass is 10.4. The van der Waals surface area contributed by atoms with Crippen LogP contribution in [0, 0.1) is 0 Å². The molecule has 6 heteroatoms. The zero-order valence-electron chi connectivity index (χ0n) is 6.90. The Hall–Kier alpha value is -0.650. The fourth-order valence-corrected chi connectivity index (χ4v) is 1.19. The number of halogens is 1. The van der Waals surface area contributed by atoms with Crippen LogP contribution in [0.4, 0.5) is 0 Å². The van der Waals surface area contributed by atoms with E-state index in [9.17, 15) is 8.42 Å². The van der Waals surface area contributed by atoms with Crippen LogP contribution in [0.25, 0.3) is 0 Å². The molecule has 0 radical (unpaired) electrons. The van der Waals surface area contributed by atoms with Gasteiger partial charge in [0.05, 0.1) is 17.0 Å². The Morgan fingerprint density at radius 1 is 1.62 bits per heavy atom. The smallest absolute Gasteiger partial charge is 0.264 e. The average Bonchev–Trinajstić information content (AvgIpc) is 2.01. The maximum absolute atomic E-state index is 10.6. The van der Waals surface area contributed by atoms with Crippen molar-refractivity contribution in [3.8, 4) is 0 Å². The summed E-state index contributed by atoms with van der Waals surface area (Å²) in [6.07, 6.45) is 2.50. The van der Waals surface area contributed by atoms with E-state index in [1.165, 1.54) is 6.20 Å². The maximum atomic E-state index is 10.6. The molecule has 0 atom stereocenters. The molecule has 1 aromatic heterocycles. The van der Waals surface area contributed by atoms with Crippen LogP contribution in [0.2, 0.25) is 5.02 Å². The molecule has 0 aliphatic rings. The van der Waals surface area contributed by atoms with Crippen molar-refractivity contribution in [3.05, 3.63) is 29.0 Å². The molecule has 0 aliphatic heterocycles. The first-order chi connectivity index (χ1) is 5.99. The standard InChI is InChI=1S/C7H8ClNO3S/c1-13(10,11)12-5-7-6(8)3-2-4-9-7/h2-4H,5H2,1H3. The van der Waals surface area contributed by atoms with E-state index in [1.54, 1.807) is 12.1 Å². The van der Waals surface area contributed by atoms with Crippen molar-refractivity contribution < 1.29 is 12.6 Å². The third kappa shape index (κ3) is 3.71. The number of hydrogen-bond donors (Lipinski definition) is 0. The molecular weight excluding hydrogens is 214 g/mol. The minimum Gasteiger partial charge on any atom is -0.264 e. The highest BCUT2D eigenvalue weighted by atomic mass is 35.5. The summed E-state index contributed by atoms with van der Waals surface area (Å²) >= 11 is 5.72. The Bertz CT molecular complexity index is 390. The lowest BCUT2D eigenvalue weighted by Crippen LogP contribution is -2.04. The van der Waals surface area contributed by atoms with E-state index in [2.05, 4.69) is 9.17 Å². The van der Waals surface area contributed by atoms with Gasteiger partial charge in [0, 0.05) is 6.20 Å². The summed E-state index contributed by atoms with van der Waals surface area (Å²) in [7, 11) is -3.44. The van der Waals surface area contributed by atoms with Gasteiger partial charge in [-0.25, -0.2) is 0 Å². The molecule has 0 N–H and O–H groups in total. The molecule has 0 aromatic carbocycles. The fraction of sp³-hybridized carbons (Fsp3) is 0.286. The molecule has 0 amide bonds. The predicted molar refractivity (Wildman–Crippen MR) is 48.9 cm³/mol. The minimum atomic E-state index is -3.44. The van der Waals surface area contributed by atoms with Crippen LogP contribution in [0.1, 0.15) is 5.69 Å². The maximum Gasteiger partial charge on any atom is 0.264 e. The Kier molecular flexibility index (Phi) is 3.24. The van der Waals surface area contributed by atoms with Crippen LogP contribution in [0.15, 0.2) is 18.3 Å². The molecule has 1 rings (SSSR count). The van der Waals surface area contributed by atoms with E-state index in [1.807, 2.05) is 0 Å². The Labute approximate surface area is 81.6 Å². The Morgan fingerprint density at radius 2 is 2.31 bits per heavy atom. The summed E-state index contributed by atoms with van der Waals surface area (Å²) in [6, 6.07) is 3.28. The molecule has 0 unspecified atom stereocenters. The zero-order chi connectivity index (χ0) is 9.90. The normalized spacial score (nSPS) is 11.5. The Balaban J connectivity index is 2.71. The van der Waals surface area contributed by atoms with E-state index >= 15 is 0 Å². The van der Waals surface area contributed by atoms with Gasteiger partial charge in [0.1, 0.15) is 6.61 Å². The topological polar surface area (TPSA) is 56.3 Å². The molecular formula is C7H8ClNO3S. The molecule has 0 bridgehead atoms. The second-order valence-electron chi connectivity index (χ2n) is 2.40. The van der Waals surface area contributed by atoms with E-state index in [0.717, 1.165) is 6.26 Å². The van der Waals surface area contributed by atoms with Crippen molar-refractivity contribution in [3.63, 3.8) is 0 Å². The van der Waals surface area contributed by atoms with E-state index in [-0.39, 0.29) is 6.61 Å². The lowest BCUT2D eigenvalue weighted by molar-refractivity contribution is 0.307.